The van der Waals surface area contributed by atoms with Gasteiger partial charge >= 0.3 is 0 Å². The minimum absolute atomic E-state index is 0.857. The first-order valence-corrected chi connectivity index (χ1v) is 5.84. The summed E-state index contributed by atoms with van der Waals surface area (Å²) in [7, 11) is 1.92. The smallest absolute Gasteiger partial charge is 0.0729 e. The van der Waals surface area contributed by atoms with Gasteiger partial charge in [-0.1, -0.05) is 32.1 Å². The summed E-state index contributed by atoms with van der Waals surface area (Å²) in [5.41, 5.74) is 2.39. The van der Waals surface area contributed by atoms with Crippen molar-refractivity contribution < 1.29 is 0 Å². The van der Waals surface area contributed by atoms with E-state index in [0.29, 0.717) is 0 Å². The lowest BCUT2D eigenvalue weighted by Crippen LogP contribution is -2.02. The predicted molar refractivity (Wildman–Crippen MR) is 69.5 cm³/mol. The van der Waals surface area contributed by atoms with Gasteiger partial charge in [0.2, 0.25) is 0 Å². The lowest BCUT2D eigenvalue weighted by Gasteiger charge is -2.04. The van der Waals surface area contributed by atoms with Crippen molar-refractivity contribution >= 4 is 5.69 Å². The van der Waals surface area contributed by atoms with Crippen molar-refractivity contribution in [1.82, 2.24) is 9.78 Å². The topological polar surface area (TPSA) is 29.9 Å². The SMILES string of the molecule is CC/C=C\C(=C/CC)CNc1cnn(C)c1. The second-order valence-electron chi connectivity index (χ2n) is 3.75. The number of anilines is 1. The van der Waals surface area contributed by atoms with E-state index in [9.17, 15) is 0 Å². The van der Waals surface area contributed by atoms with Crippen molar-refractivity contribution in [2.24, 2.45) is 7.05 Å². The van der Waals surface area contributed by atoms with Crippen molar-refractivity contribution in [3.63, 3.8) is 0 Å². The molecule has 3 nitrogen and oxygen atoms in total. The fraction of sp³-hybridized carbons (Fsp3) is 0.462. The number of nitrogens with one attached hydrogen (secondary N) is 1. The third-order valence-corrected chi connectivity index (χ3v) is 2.24. The molecule has 3 heteroatoms. The van der Waals surface area contributed by atoms with Crippen molar-refractivity contribution in [2.45, 2.75) is 26.7 Å². The second-order valence-corrected chi connectivity index (χ2v) is 3.75. The van der Waals surface area contributed by atoms with E-state index in [-0.39, 0.29) is 0 Å². The number of aryl methyl sites for hydroxylation is 1. The zero-order valence-electron chi connectivity index (χ0n) is 10.4. The summed E-state index contributed by atoms with van der Waals surface area (Å²) in [4.78, 5) is 0. The van der Waals surface area contributed by atoms with Crippen molar-refractivity contribution in [2.75, 3.05) is 11.9 Å². The minimum atomic E-state index is 0.857. The number of hydrogen-bond acceptors (Lipinski definition) is 2. The molecular weight excluding hydrogens is 198 g/mol. The summed E-state index contributed by atoms with van der Waals surface area (Å²) in [5, 5.41) is 7.48. The molecule has 1 rings (SSSR count). The van der Waals surface area contributed by atoms with Crippen molar-refractivity contribution in [3.05, 3.63) is 36.2 Å². The molecule has 1 aromatic heterocycles. The van der Waals surface area contributed by atoms with Gasteiger partial charge in [-0.3, -0.25) is 4.68 Å². The van der Waals surface area contributed by atoms with Crippen LogP contribution in [0.25, 0.3) is 0 Å². The van der Waals surface area contributed by atoms with Crippen LogP contribution in [0, 0.1) is 0 Å². The average Bonchev–Trinajstić information content (AvgIpc) is 2.68. The van der Waals surface area contributed by atoms with E-state index in [1.807, 2.05) is 19.4 Å². The molecule has 0 saturated heterocycles. The highest BCUT2D eigenvalue weighted by Gasteiger charge is 1.96. The van der Waals surface area contributed by atoms with Crippen molar-refractivity contribution in [1.29, 1.82) is 0 Å². The Hall–Kier alpha value is -1.51. The predicted octanol–water partition coefficient (Wildman–Crippen LogP) is 3.13. The zero-order valence-corrected chi connectivity index (χ0v) is 10.4. The maximum Gasteiger partial charge on any atom is 0.0729 e. The molecule has 16 heavy (non-hydrogen) atoms. The van der Waals surface area contributed by atoms with Crippen LogP contribution in [-0.4, -0.2) is 16.3 Å². The number of nitrogens with zero attached hydrogens (tertiary/aromatic N) is 2. The Kier molecular flexibility index (Phi) is 5.40. The molecule has 0 aromatic carbocycles. The molecule has 1 aromatic rings. The van der Waals surface area contributed by atoms with Gasteiger partial charge in [-0.15, -0.1) is 0 Å². The third kappa shape index (κ3) is 4.34. The highest BCUT2D eigenvalue weighted by molar-refractivity contribution is 5.41. The highest BCUT2D eigenvalue weighted by atomic mass is 15.3. The molecule has 0 amide bonds. The summed E-state index contributed by atoms with van der Waals surface area (Å²) in [6.07, 6.45) is 12.6. The zero-order chi connectivity index (χ0) is 11.8. The molecule has 0 bridgehead atoms. The summed E-state index contributed by atoms with van der Waals surface area (Å²) in [6.45, 7) is 5.16. The minimum Gasteiger partial charge on any atom is -0.378 e. The number of allylic oxidation sites excluding steroid dienone is 2. The van der Waals surface area contributed by atoms with Gasteiger partial charge in [0.15, 0.2) is 0 Å². The lowest BCUT2D eigenvalue weighted by molar-refractivity contribution is 0.768. The van der Waals surface area contributed by atoms with Crippen LogP contribution >= 0.6 is 0 Å². The maximum absolute atomic E-state index is 4.12. The largest absolute Gasteiger partial charge is 0.378 e. The molecule has 0 aliphatic carbocycles. The van der Waals surface area contributed by atoms with E-state index in [2.05, 4.69) is 42.5 Å². The summed E-state index contributed by atoms with van der Waals surface area (Å²) in [5.74, 6) is 0. The van der Waals surface area contributed by atoms with E-state index >= 15 is 0 Å². The first kappa shape index (κ1) is 12.6. The fourth-order valence-corrected chi connectivity index (χ4v) is 1.45. The monoisotopic (exact) mass is 219 g/mol. The Morgan fingerprint density at radius 3 is 2.81 bits per heavy atom. The lowest BCUT2D eigenvalue weighted by atomic mass is 10.2. The molecule has 0 fully saturated rings. The molecule has 0 spiro atoms. The molecule has 0 saturated carbocycles. The van der Waals surface area contributed by atoms with Gasteiger partial charge in [0.25, 0.3) is 0 Å². The molecule has 1 heterocycles. The van der Waals surface area contributed by atoms with Crippen LogP contribution in [-0.2, 0) is 7.05 Å². The van der Waals surface area contributed by atoms with Crippen molar-refractivity contribution in [3.8, 4) is 0 Å². The first-order chi connectivity index (χ1) is 7.76. The first-order valence-electron chi connectivity index (χ1n) is 5.84. The van der Waals surface area contributed by atoms with Gasteiger partial charge < -0.3 is 5.32 Å². The standard InChI is InChI=1S/C13H21N3/c1-4-6-8-12(7-5-2)9-14-13-10-15-16(3)11-13/h6-8,10-11,14H,4-5,9H2,1-3H3/b8-6-,12-7+. The van der Waals surface area contributed by atoms with E-state index in [1.165, 1.54) is 5.57 Å². The van der Waals surface area contributed by atoms with E-state index in [4.69, 9.17) is 0 Å². The Morgan fingerprint density at radius 2 is 2.25 bits per heavy atom. The number of hydrogen-bond donors (Lipinski definition) is 1. The van der Waals surface area contributed by atoms with E-state index in [1.54, 1.807) is 4.68 Å². The molecule has 88 valence electrons. The van der Waals surface area contributed by atoms with Crippen LogP contribution in [0.15, 0.2) is 36.2 Å². The summed E-state index contributed by atoms with van der Waals surface area (Å²) < 4.78 is 1.80. The fourth-order valence-electron chi connectivity index (χ4n) is 1.45. The quantitative estimate of drug-likeness (QED) is 0.745. The van der Waals surface area contributed by atoms with Crippen LogP contribution in [0.4, 0.5) is 5.69 Å². The van der Waals surface area contributed by atoms with Gasteiger partial charge in [-0.2, -0.15) is 5.10 Å². The van der Waals surface area contributed by atoms with Gasteiger partial charge in [0, 0.05) is 19.8 Å². The Labute approximate surface area is 97.9 Å². The molecule has 0 aliphatic rings. The van der Waals surface area contributed by atoms with Crippen LogP contribution < -0.4 is 5.32 Å². The Bertz CT molecular complexity index is 361. The normalized spacial score (nSPS) is 12.3. The molecule has 1 N–H and O–H groups in total. The second kappa shape index (κ2) is 6.88. The van der Waals surface area contributed by atoms with Crippen LogP contribution in [0.5, 0.6) is 0 Å². The molecule has 0 radical (unpaired) electrons. The molecule has 0 unspecified atom stereocenters. The average molecular weight is 219 g/mol. The van der Waals surface area contributed by atoms with Gasteiger partial charge in [-0.25, -0.2) is 0 Å². The van der Waals surface area contributed by atoms with Gasteiger partial charge in [0.05, 0.1) is 11.9 Å². The summed E-state index contributed by atoms with van der Waals surface area (Å²) in [6, 6.07) is 0. The van der Waals surface area contributed by atoms with Gasteiger partial charge in [0.1, 0.15) is 0 Å². The summed E-state index contributed by atoms with van der Waals surface area (Å²) >= 11 is 0. The van der Waals surface area contributed by atoms with Crippen LogP contribution in [0.3, 0.4) is 0 Å². The molecule has 0 atom stereocenters. The number of aromatic nitrogens is 2. The highest BCUT2D eigenvalue weighted by Crippen LogP contribution is 2.06. The molecular formula is C13H21N3. The van der Waals surface area contributed by atoms with Gasteiger partial charge in [-0.05, 0) is 18.4 Å². The van der Waals surface area contributed by atoms with Crippen LogP contribution in [0.2, 0.25) is 0 Å². The maximum atomic E-state index is 4.12. The molecule has 0 aliphatic heterocycles. The number of rotatable bonds is 6. The van der Waals surface area contributed by atoms with E-state index in [0.717, 1.165) is 25.1 Å². The Balaban J connectivity index is 2.50. The van der Waals surface area contributed by atoms with Crippen LogP contribution in [0.1, 0.15) is 26.7 Å². The van der Waals surface area contributed by atoms with E-state index < -0.39 is 0 Å². The Morgan fingerprint density at radius 1 is 1.44 bits per heavy atom. The third-order valence-electron chi connectivity index (χ3n) is 2.24.